The van der Waals surface area contributed by atoms with Gasteiger partial charge in [-0.1, -0.05) is 13.8 Å². The minimum Gasteiger partial charge on any atom is -0.394 e. The molecule has 1 atom stereocenters. The van der Waals surface area contributed by atoms with Crippen LogP contribution in [-0.2, 0) is 13.1 Å². The Balaban J connectivity index is 2.00. The maximum atomic E-state index is 9.10. The molecular weight excluding hydrogens is 264 g/mol. The van der Waals surface area contributed by atoms with Crippen molar-refractivity contribution in [3.8, 4) is 0 Å². The van der Waals surface area contributed by atoms with Crippen molar-refractivity contribution in [3.05, 3.63) is 17.0 Å². The zero-order valence-electron chi connectivity index (χ0n) is 14.0. The highest BCUT2D eigenvalue weighted by Gasteiger charge is 2.27. The van der Waals surface area contributed by atoms with Crippen LogP contribution < -0.4 is 0 Å². The fourth-order valence-corrected chi connectivity index (χ4v) is 3.49. The minimum atomic E-state index is 0.148. The average molecular weight is 294 g/mol. The van der Waals surface area contributed by atoms with Gasteiger partial charge in [0.25, 0.3) is 0 Å². The number of rotatable bonds is 7. The van der Waals surface area contributed by atoms with Gasteiger partial charge >= 0.3 is 0 Å². The first kappa shape index (κ1) is 16.5. The summed E-state index contributed by atoms with van der Waals surface area (Å²) in [7, 11) is 0. The molecule has 1 aliphatic heterocycles. The molecule has 0 amide bonds. The molecule has 21 heavy (non-hydrogen) atoms. The van der Waals surface area contributed by atoms with Crippen LogP contribution in [0, 0.1) is 13.8 Å². The van der Waals surface area contributed by atoms with Crippen molar-refractivity contribution in [2.75, 3.05) is 32.8 Å². The third-order valence-electron chi connectivity index (χ3n) is 4.80. The second-order valence-electron chi connectivity index (χ2n) is 5.99. The summed E-state index contributed by atoms with van der Waals surface area (Å²) < 4.78 is 1.93. The standard InChI is InChI=1S/C16H30N4O/c1-5-19(6-2)15-7-8-18(11-15)12-16-13(3)17-20(9-10-21)14(16)4/h15,21H,5-12H2,1-4H3. The molecule has 0 spiro atoms. The van der Waals surface area contributed by atoms with Gasteiger partial charge in [0.15, 0.2) is 0 Å². The molecule has 0 aliphatic carbocycles. The highest BCUT2D eigenvalue weighted by molar-refractivity contribution is 5.24. The van der Waals surface area contributed by atoms with Crippen molar-refractivity contribution in [2.24, 2.45) is 0 Å². The van der Waals surface area contributed by atoms with Gasteiger partial charge in [-0.05, 0) is 33.4 Å². The molecule has 1 unspecified atom stereocenters. The van der Waals surface area contributed by atoms with E-state index in [0.29, 0.717) is 12.6 Å². The maximum Gasteiger partial charge on any atom is 0.0644 e. The summed E-state index contributed by atoms with van der Waals surface area (Å²) in [4.78, 5) is 5.11. The van der Waals surface area contributed by atoms with Gasteiger partial charge in [0.2, 0.25) is 0 Å². The molecule has 0 bridgehead atoms. The smallest absolute Gasteiger partial charge is 0.0644 e. The lowest BCUT2D eigenvalue weighted by Gasteiger charge is -2.26. The summed E-state index contributed by atoms with van der Waals surface area (Å²) in [5.41, 5.74) is 3.64. The fourth-order valence-electron chi connectivity index (χ4n) is 3.49. The van der Waals surface area contributed by atoms with Crippen molar-refractivity contribution in [2.45, 2.75) is 53.2 Å². The minimum absolute atomic E-state index is 0.148. The van der Waals surface area contributed by atoms with Crippen LogP contribution >= 0.6 is 0 Å². The van der Waals surface area contributed by atoms with Crippen LogP contribution in [0.4, 0.5) is 0 Å². The number of aliphatic hydroxyl groups excluding tert-OH is 1. The van der Waals surface area contributed by atoms with Gasteiger partial charge in [0, 0.05) is 36.9 Å². The number of hydrogen-bond acceptors (Lipinski definition) is 4. The molecule has 2 rings (SSSR count). The first-order valence-electron chi connectivity index (χ1n) is 8.20. The lowest BCUT2D eigenvalue weighted by atomic mass is 10.2. The Kier molecular flexibility index (Phi) is 5.79. The zero-order valence-corrected chi connectivity index (χ0v) is 14.0. The Labute approximate surface area is 128 Å². The first-order valence-corrected chi connectivity index (χ1v) is 8.20. The molecule has 1 aromatic rings. The number of aromatic nitrogens is 2. The van der Waals surface area contributed by atoms with Crippen LogP contribution in [0.15, 0.2) is 0 Å². The monoisotopic (exact) mass is 294 g/mol. The van der Waals surface area contributed by atoms with E-state index in [0.717, 1.165) is 31.9 Å². The van der Waals surface area contributed by atoms with E-state index < -0.39 is 0 Å². The Morgan fingerprint density at radius 2 is 2.00 bits per heavy atom. The van der Waals surface area contributed by atoms with E-state index in [1.807, 2.05) is 4.68 Å². The SMILES string of the molecule is CCN(CC)C1CCN(Cc2c(C)nn(CCO)c2C)C1. The van der Waals surface area contributed by atoms with E-state index >= 15 is 0 Å². The largest absolute Gasteiger partial charge is 0.394 e. The lowest BCUT2D eigenvalue weighted by Crippen LogP contribution is -2.37. The molecule has 1 aromatic heterocycles. The highest BCUT2D eigenvalue weighted by atomic mass is 16.3. The molecule has 120 valence electrons. The molecule has 5 nitrogen and oxygen atoms in total. The van der Waals surface area contributed by atoms with Gasteiger partial charge in [-0.2, -0.15) is 5.10 Å². The summed E-state index contributed by atoms with van der Waals surface area (Å²) in [6, 6.07) is 0.702. The van der Waals surface area contributed by atoms with Gasteiger partial charge in [0.1, 0.15) is 0 Å². The van der Waals surface area contributed by atoms with Gasteiger partial charge in [-0.15, -0.1) is 0 Å². The molecule has 0 aromatic carbocycles. The number of aliphatic hydroxyl groups is 1. The quantitative estimate of drug-likeness (QED) is 0.826. The second-order valence-corrected chi connectivity index (χ2v) is 5.99. The van der Waals surface area contributed by atoms with Crippen LogP contribution in [0.2, 0.25) is 0 Å². The van der Waals surface area contributed by atoms with Gasteiger partial charge in [-0.3, -0.25) is 14.5 Å². The Hall–Kier alpha value is -0.910. The predicted molar refractivity (Wildman–Crippen MR) is 85.4 cm³/mol. The number of likely N-dealkylation sites (tertiary alicyclic amines) is 1. The highest BCUT2D eigenvalue weighted by Crippen LogP contribution is 2.21. The molecule has 1 N–H and O–H groups in total. The number of nitrogens with zero attached hydrogens (tertiary/aromatic N) is 4. The molecule has 1 fully saturated rings. The zero-order chi connectivity index (χ0) is 15.4. The molecule has 2 heterocycles. The van der Waals surface area contributed by atoms with Crippen LogP contribution in [0.3, 0.4) is 0 Å². The average Bonchev–Trinajstić information content (AvgIpc) is 3.02. The van der Waals surface area contributed by atoms with Crippen molar-refractivity contribution in [1.82, 2.24) is 19.6 Å². The molecule has 0 saturated carbocycles. The van der Waals surface area contributed by atoms with Gasteiger partial charge in [0.05, 0.1) is 18.8 Å². The van der Waals surface area contributed by atoms with E-state index in [1.54, 1.807) is 0 Å². The molecule has 1 saturated heterocycles. The molecular formula is C16H30N4O. The van der Waals surface area contributed by atoms with Gasteiger partial charge < -0.3 is 5.11 Å². The van der Waals surface area contributed by atoms with E-state index in [2.05, 4.69) is 42.6 Å². The molecule has 0 radical (unpaired) electrons. The normalized spacial score (nSPS) is 19.8. The van der Waals surface area contributed by atoms with E-state index in [9.17, 15) is 0 Å². The van der Waals surface area contributed by atoms with Crippen molar-refractivity contribution in [1.29, 1.82) is 0 Å². The summed E-state index contributed by atoms with van der Waals surface area (Å²) in [6.45, 7) is 15.0. The van der Waals surface area contributed by atoms with Crippen molar-refractivity contribution >= 4 is 0 Å². The van der Waals surface area contributed by atoms with Gasteiger partial charge in [-0.25, -0.2) is 0 Å². The Morgan fingerprint density at radius 1 is 1.29 bits per heavy atom. The third-order valence-corrected chi connectivity index (χ3v) is 4.80. The summed E-state index contributed by atoms with van der Waals surface area (Å²) in [5.74, 6) is 0. The van der Waals surface area contributed by atoms with E-state index in [1.165, 1.54) is 24.2 Å². The number of hydrogen-bond donors (Lipinski definition) is 1. The summed E-state index contributed by atoms with van der Waals surface area (Å²) in [6.07, 6.45) is 1.27. The second kappa shape index (κ2) is 7.38. The van der Waals surface area contributed by atoms with Crippen molar-refractivity contribution < 1.29 is 5.11 Å². The van der Waals surface area contributed by atoms with Crippen molar-refractivity contribution in [3.63, 3.8) is 0 Å². The van der Waals surface area contributed by atoms with E-state index in [4.69, 9.17) is 5.11 Å². The topological polar surface area (TPSA) is 44.5 Å². The molecule has 5 heteroatoms. The first-order chi connectivity index (χ1) is 10.1. The Bertz CT molecular complexity index is 453. The fraction of sp³-hybridized carbons (Fsp3) is 0.812. The summed E-state index contributed by atoms with van der Waals surface area (Å²) in [5, 5.41) is 13.6. The predicted octanol–water partition coefficient (Wildman–Crippen LogP) is 1.41. The van der Waals surface area contributed by atoms with Crippen LogP contribution in [0.25, 0.3) is 0 Å². The number of likely N-dealkylation sites (N-methyl/N-ethyl adjacent to an activating group) is 1. The van der Waals surface area contributed by atoms with E-state index in [-0.39, 0.29) is 6.61 Å². The maximum absolute atomic E-state index is 9.10. The third kappa shape index (κ3) is 3.65. The van der Waals surface area contributed by atoms with Crippen LogP contribution in [0.1, 0.15) is 37.2 Å². The lowest BCUT2D eigenvalue weighted by molar-refractivity contribution is 0.209. The summed E-state index contributed by atoms with van der Waals surface area (Å²) >= 11 is 0. The van der Waals surface area contributed by atoms with Crippen LogP contribution in [-0.4, -0.2) is 63.5 Å². The number of aryl methyl sites for hydroxylation is 1. The molecule has 1 aliphatic rings. The van der Waals surface area contributed by atoms with Crippen LogP contribution in [0.5, 0.6) is 0 Å². The Morgan fingerprint density at radius 3 is 2.62 bits per heavy atom.